The van der Waals surface area contributed by atoms with Crippen molar-refractivity contribution in [1.29, 1.82) is 0 Å². The van der Waals surface area contributed by atoms with Crippen LogP contribution in [0.15, 0.2) is 65.6 Å². The Morgan fingerprint density at radius 3 is 2.36 bits per heavy atom. The van der Waals surface area contributed by atoms with E-state index in [-0.39, 0.29) is 30.2 Å². The number of Topliss-reactive ketones (excluding diaryl/α,β-unsaturated/α-hetero) is 1. The van der Waals surface area contributed by atoms with Gasteiger partial charge in [-0.05, 0) is 94.1 Å². The maximum absolute atomic E-state index is 15.4. The number of anilines is 1. The lowest BCUT2D eigenvalue weighted by Crippen LogP contribution is -2.47. The van der Waals surface area contributed by atoms with Crippen molar-refractivity contribution in [3.8, 4) is 5.75 Å². The van der Waals surface area contributed by atoms with Crippen LogP contribution in [0.2, 0.25) is 5.02 Å². The second-order valence-electron chi connectivity index (χ2n) is 12.4. The fraction of sp³-hybridized carbons (Fsp3) is 0.417. The first-order valence-electron chi connectivity index (χ1n) is 15.8. The number of rotatable bonds is 14. The number of nitrogens with one attached hydrogen (secondary N) is 2. The second-order valence-corrected chi connectivity index (χ2v) is 13.9. The molecule has 1 aliphatic rings. The third kappa shape index (κ3) is 11.0. The predicted octanol–water partition coefficient (Wildman–Crippen LogP) is 7.60. The van der Waals surface area contributed by atoms with Gasteiger partial charge in [-0.2, -0.15) is 0 Å². The molecule has 47 heavy (non-hydrogen) atoms. The van der Waals surface area contributed by atoms with Crippen LogP contribution in [0.3, 0.4) is 0 Å². The van der Waals surface area contributed by atoms with Gasteiger partial charge in [0.2, 0.25) is 5.91 Å². The Labute approximate surface area is 285 Å². The number of halogens is 2. The zero-order valence-electron chi connectivity index (χ0n) is 27.4. The Morgan fingerprint density at radius 1 is 1.00 bits per heavy atom. The maximum atomic E-state index is 15.4. The standard InChI is InChI=1S/C36H43ClFN3O5S/c1-36(2,3)46-35(44)40-19-7-5-6-18-39-30-23-47-33-21-29(38)28(32(42)17-12-24-10-15-27(45-4)16-11-24)20-31(33)41(34(30)43)22-25-8-13-26(37)14-9-25/h8-11,13-16,20-21,30,39H,5-7,12,17-19,22-23H2,1-4H3,(H,40,44)/t30-/m0/s1. The molecule has 11 heteroatoms. The Morgan fingerprint density at radius 2 is 1.68 bits per heavy atom. The van der Waals surface area contributed by atoms with Crippen LogP contribution in [0.4, 0.5) is 14.9 Å². The van der Waals surface area contributed by atoms with Crippen molar-refractivity contribution >= 4 is 46.8 Å². The largest absolute Gasteiger partial charge is 0.497 e. The Balaban J connectivity index is 1.43. The highest BCUT2D eigenvalue weighted by Crippen LogP contribution is 2.38. The molecule has 0 unspecified atom stereocenters. The van der Waals surface area contributed by atoms with E-state index in [1.807, 2.05) is 57.2 Å². The molecule has 0 saturated carbocycles. The lowest BCUT2D eigenvalue weighted by molar-refractivity contribution is -0.120. The average Bonchev–Trinajstić information content (AvgIpc) is 3.15. The Kier molecular flexibility index (Phi) is 13.1. The molecule has 252 valence electrons. The third-order valence-electron chi connectivity index (χ3n) is 7.58. The van der Waals surface area contributed by atoms with E-state index >= 15 is 4.39 Å². The van der Waals surface area contributed by atoms with Crippen molar-refractivity contribution in [1.82, 2.24) is 10.6 Å². The quantitative estimate of drug-likeness (QED) is 0.133. The number of methoxy groups -OCH3 is 1. The number of nitrogens with zero attached hydrogens (tertiary/aromatic N) is 1. The molecule has 0 aliphatic carbocycles. The van der Waals surface area contributed by atoms with Gasteiger partial charge in [0.1, 0.15) is 17.2 Å². The highest BCUT2D eigenvalue weighted by atomic mass is 35.5. The highest BCUT2D eigenvalue weighted by Gasteiger charge is 2.32. The summed E-state index contributed by atoms with van der Waals surface area (Å²) in [5.41, 5.74) is 1.74. The number of carbonyl (C=O) groups excluding carboxylic acids is 3. The van der Waals surface area contributed by atoms with E-state index in [4.69, 9.17) is 21.1 Å². The van der Waals surface area contributed by atoms with Crippen molar-refractivity contribution in [2.75, 3.05) is 30.9 Å². The molecule has 1 heterocycles. The van der Waals surface area contributed by atoms with E-state index in [2.05, 4.69) is 10.6 Å². The van der Waals surface area contributed by atoms with Crippen LogP contribution in [0.25, 0.3) is 0 Å². The molecule has 0 bridgehead atoms. The average molecular weight is 684 g/mol. The first-order chi connectivity index (χ1) is 22.4. The molecule has 0 spiro atoms. The summed E-state index contributed by atoms with van der Waals surface area (Å²) in [6.45, 7) is 6.80. The van der Waals surface area contributed by atoms with Crippen molar-refractivity contribution in [2.24, 2.45) is 0 Å². The monoisotopic (exact) mass is 683 g/mol. The molecular weight excluding hydrogens is 641 g/mol. The van der Waals surface area contributed by atoms with Gasteiger partial charge in [0.25, 0.3) is 0 Å². The first kappa shape index (κ1) is 36.2. The number of alkyl carbamates (subject to hydrolysis) is 1. The molecular formula is C36H43ClFN3O5S. The molecule has 2 amide bonds. The minimum atomic E-state index is -0.596. The smallest absolute Gasteiger partial charge is 0.407 e. The summed E-state index contributed by atoms with van der Waals surface area (Å²) in [5, 5.41) is 6.73. The number of hydrogen-bond donors (Lipinski definition) is 2. The molecule has 1 aliphatic heterocycles. The van der Waals surface area contributed by atoms with Gasteiger partial charge in [-0.3, -0.25) is 9.59 Å². The number of unbranched alkanes of at least 4 members (excludes halogenated alkanes) is 2. The summed E-state index contributed by atoms with van der Waals surface area (Å²) >= 11 is 7.51. The lowest BCUT2D eigenvalue weighted by Gasteiger charge is -2.26. The molecule has 8 nitrogen and oxygen atoms in total. The summed E-state index contributed by atoms with van der Waals surface area (Å²) in [6, 6.07) is 17.1. The molecule has 3 aromatic carbocycles. The van der Waals surface area contributed by atoms with Crippen LogP contribution in [-0.4, -0.2) is 55.4 Å². The van der Waals surface area contributed by atoms with Gasteiger partial charge in [0, 0.05) is 28.6 Å². The zero-order chi connectivity index (χ0) is 34.0. The van der Waals surface area contributed by atoms with Gasteiger partial charge in [-0.25, -0.2) is 9.18 Å². The van der Waals surface area contributed by atoms with Crippen molar-refractivity contribution in [2.45, 2.75) is 76.0 Å². The molecule has 0 saturated heterocycles. The van der Waals surface area contributed by atoms with Crippen LogP contribution >= 0.6 is 23.4 Å². The topological polar surface area (TPSA) is 97.0 Å². The molecule has 0 radical (unpaired) electrons. The number of ketones is 1. The van der Waals surface area contributed by atoms with Crippen LogP contribution < -0.4 is 20.3 Å². The van der Waals surface area contributed by atoms with Crippen LogP contribution in [0.1, 0.15) is 67.9 Å². The molecule has 2 N–H and O–H groups in total. The number of hydrogen-bond acceptors (Lipinski definition) is 7. The number of ether oxygens (including phenoxy) is 2. The Hall–Kier alpha value is -3.60. The van der Waals surface area contributed by atoms with E-state index in [1.54, 1.807) is 24.1 Å². The number of thioether (sulfide) groups is 1. The summed E-state index contributed by atoms with van der Waals surface area (Å²) in [4.78, 5) is 41.4. The van der Waals surface area contributed by atoms with Crippen LogP contribution in [-0.2, 0) is 22.5 Å². The van der Waals surface area contributed by atoms with Crippen molar-refractivity contribution in [3.05, 3.63) is 88.2 Å². The summed E-state index contributed by atoms with van der Waals surface area (Å²) in [6.07, 6.45) is 2.56. The predicted molar refractivity (Wildman–Crippen MR) is 185 cm³/mol. The second kappa shape index (κ2) is 17.0. The van der Waals surface area contributed by atoms with Crippen molar-refractivity contribution in [3.63, 3.8) is 0 Å². The van der Waals surface area contributed by atoms with E-state index in [0.717, 1.165) is 36.1 Å². The fourth-order valence-electron chi connectivity index (χ4n) is 5.11. The van der Waals surface area contributed by atoms with Crippen LogP contribution in [0.5, 0.6) is 5.75 Å². The van der Waals surface area contributed by atoms with Crippen molar-refractivity contribution < 1.29 is 28.2 Å². The third-order valence-corrected chi connectivity index (χ3v) is 8.97. The Bertz CT molecular complexity index is 1530. The molecule has 3 aromatic rings. The van der Waals surface area contributed by atoms with E-state index in [1.165, 1.54) is 23.9 Å². The van der Waals surface area contributed by atoms with Gasteiger partial charge in [0.15, 0.2) is 5.78 Å². The fourth-order valence-corrected chi connectivity index (χ4v) is 6.35. The number of carbonyl (C=O) groups is 3. The SMILES string of the molecule is COc1ccc(CCC(=O)c2cc3c(cc2F)SC[C@H](NCCCCCNC(=O)OC(C)(C)C)C(=O)N3Cc2ccc(Cl)cc2)cc1. The summed E-state index contributed by atoms with van der Waals surface area (Å²) < 4.78 is 25.9. The van der Waals surface area contributed by atoms with Gasteiger partial charge in [-0.1, -0.05) is 42.3 Å². The van der Waals surface area contributed by atoms with E-state index < -0.39 is 23.6 Å². The summed E-state index contributed by atoms with van der Waals surface area (Å²) in [5.74, 6) is 0.0560. The van der Waals surface area contributed by atoms with Gasteiger partial charge >= 0.3 is 6.09 Å². The van der Waals surface area contributed by atoms with Crippen LogP contribution in [0, 0.1) is 5.82 Å². The number of benzene rings is 3. The van der Waals surface area contributed by atoms with E-state index in [0.29, 0.717) is 40.9 Å². The molecule has 1 atom stereocenters. The van der Waals surface area contributed by atoms with Gasteiger partial charge in [0.05, 0.1) is 30.9 Å². The lowest BCUT2D eigenvalue weighted by atomic mass is 10.0. The molecule has 4 rings (SSSR count). The minimum Gasteiger partial charge on any atom is -0.497 e. The van der Waals surface area contributed by atoms with E-state index in [9.17, 15) is 14.4 Å². The minimum absolute atomic E-state index is 0.0295. The zero-order valence-corrected chi connectivity index (χ0v) is 28.9. The highest BCUT2D eigenvalue weighted by molar-refractivity contribution is 7.99. The molecule has 0 fully saturated rings. The first-order valence-corrected chi connectivity index (χ1v) is 17.2. The number of amides is 2. The number of aryl methyl sites for hydroxylation is 1. The number of fused-ring (bicyclic) bond motifs is 1. The normalized spacial score (nSPS) is 14.7. The maximum Gasteiger partial charge on any atom is 0.407 e. The van der Waals surface area contributed by atoms with Gasteiger partial charge < -0.3 is 25.0 Å². The molecule has 0 aromatic heterocycles. The summed E-state index contributed by atoms with van der Waals surface area (Å²) in [7, 11) is 1.59. The van der Waals surface area contributed by atoms with Gasteiger partial charge in [-0.15, -0.1) is 11.8 Å².